The van der Waals surface area contributed by atoms with E-state index < -0.39 is 5.97 Å². The van der Waals surface area contributed by atoms with Gasteiger partial charge in [-0.1, -0.05) is 0 Å². The van der Waals surface area contributed by atoms with E-state index in [0.29, 0.717) is 18.3 Å². The summed E-state index contributed by atoms with van der Waals surface area (Å²) in [5, 5.41) is 10.9. The Balaban J connectivity index is 1.54. The van der Waals surface area contributed by atoms with Crippen molar-refractivity contribution in [2.24, 2.45) is 11.8 Å². The van der Waals surface area contributed by atoms with Gasteiger partial charge in [0, 0.05) is 36.2 Å². The fraction of sp³-hybridized carbons (Fsp3) is 0.647. The Bertz CT molecular complexity index is 568. The first-order valence-corrected chi connectivity index (χ1v) is 8.98. The van der Waals surface area contributed by atoms with Gasteiger partial charge in [0.25, 0.3) is 0 Å². The maximum atomic E-state index is 12.7. The minimum atomic E-state index is -0.737. The van der Waals surface area contributed by atoms with Crippen LogP contribution in [0.2, 0.25) is 0 Å². The van der Waals surface area contributed by atoms with Crippen LogP contribution in [0.5, 0.6) is 0 Å². The third kappa shape index (κ3) is 3.35. The first-order valence-electron chi connectivity index (χ1n) is 8.11. The zero-order chi connectivity index (χ0) is 15.7. The lowest BCUT2D eigenvalue weighted by atomic mass is 9.93. The van der Waals surface area contributed by atoms with E-state index in [1.807, 2.05) is 4.90 Å². The number of likely N-dealkylation sites (tertiary alicyclic amines) is 1. The standard InChI is InChI=1S/C17H23NO3S/c1-11-6-8-22-16(11)13-9-14(13)17(21)18-7-2-3-12(10-18)4-5-15(19)20/h6,8,12-14H,2-5,7,9-10H2,1H3,(H,19,20)/t12-,13+,14+/m0/s1. The van der Waals surface area contributed by atoms with Crippen molar-refractivity contribution in [3.8, 4) is 0 Å². The normalized spacial score (nSPS) is 27.7. The topological polar surface area (TPSA) is 57.6 Å². The molecule has 22 heavy (non-hydrogen) atoms. The van der Waals surface area contributed by atoms with Gasteiger partial charge in [-0.25, -0.2) is 0 Å². The van der Waals surface area contributed by atoms with E-state index in [0.717, 1.165) is 32.4 Å². The van der Waals surface area contributed by atoms with Crippen LogP contribution in [0.15, 0.2) is 11.4 Å². The minimum absolute atomic E-state index is 0.163. The third-order valence-corrected chi connectivity index (χ3v) is 6.09. The van der Waals surface area contributed by atoms with Crippen LogP contribution >= 0.6 is 11.3 Å². The highest BCUT2D eigenvalue weighted by molar-refractivity contribution is 7.10. The van der Waals surface area contributed by atoms with Crippen LogP contribution in [-0.2, 0) is 9.59 Å². The molecular weight excluding hydrogens is 298 g/mol. The Kier molecular flexibility index (Phi) is 4.52. The number of hydrogen-bond acceptors (Lipinski definition) is 3. The molecule has 1 aromatic rings. The predicted octanol–water partition coefficient (Wildman–Crippen LogP) is 3.26. The molecule has 120 valence electrons. The average molecular weight is 321 g/mol. The molecule has 0 aromatic carbocycles. The number of carbonyl (C=O) groups is 2. The number of rotatable bonds is 5. The number of piperidine rings is 1. The summed E-state index contributed by atoms with van der Waals surface area (Å²) in [6.07, 6.45) is 3.95. The Labute approximate surface area is 135 Å². The molecule has 0 unspecified atom stereocenters. The van der Waals surface area contributed by atoms with Crippen molar-refractivity contribution in [1.82, 2.24) is 4.90 Å². The second kappa shape index (κ2) is 6.41. The van der Waals surface area contributed by atoms with Crippen molar-refractivity contribution < 1.29 is 14.7 Å². The highest BCUT2D eigenvalue weighted by Crippen LogP contribution is 2.51. The average Bonchev–Trinajstić information content (AvgIpc) is 3.19. The van der Waals surface area contributed by atoms with Crippen LogP contribution in [0.1, 0.15) is 48.5 Å². The molecule has 0 bridgehead atoms. The number of carbonyl (C=O) groups excluding carboxylic acids is 1. The molecule has 2 fully saturated rings. The number of aryl methyl sites for hydroxylation is 1. The van der Waals surface area contributed by atoms with Crippen molar-refractivity contribution in [3.05, 3.63) is 21.9 Å². The summed E-state index contributed by atoms with van der Waals surface area (Å²) < 4.78 is 0. The Morgan fingerprint density at radius 1 is 1.45 bits per heavy atom. The van der Waals surface area contributed by atoms with Crippen molar-refractivity contribution >= 4 is 23.2 Å². The van der Waals surface area contributed by atoms with Gasteiger partial charge in [0.1, 0.15) is 0 Å². The number of thiophene rings is 1. The molecule has 3 rings (SSSR count). The van der Waals surface area contributed by atoms with E-state index in [-0.39, 0.29) is 18.2 Å². The van der Waals surface area contributed by atoms with Gasteiger partial charge in [-0.2, -0.15) is 0 Å². The highest BCUT2D eigenvalue weighted by atomic mass is 32.1. The van der Waals surface area contributed by atoms with Crippen molar-refractivity contribution in [1.29, 1.82) is 0 Å². The second-order valence-electron chi connectivity index (χ2n) is 6.64. The first-order chi connectivity index (χ1) is 10.6. The molecule has 1 aliphatic carbocycles. The molecule has 1 aromatic heterocycles. The van der Waals surface area contributed by atoms with E-state index in [1.165, 1.54) is 10.4 Å². The molecule has 5 heteroatoms. The first kappa shape index (κ1) is 15.5. The van der Waals surface area contributed by atoms with Crippen LogP contribution < -0.4 is 0 Å². The Morgan fingerprint density at radius 3 is 2.95 bits per heavy atom. The maximum absolute atomic E-state index is 12.7. The largest absolute Gasteiger partial charge is 0.481 e. The Morgan fingerprint density at radius 2 is 2.27 bits per heavy atom. The Hall–Kier alpha value is -1.36. The van der Waals surface area contributed by atoms with E-state index in [9.17, 15) is 9.59 Å². The lowest BCUT2D eigenvalue weighted by Crippen LogP contribution is -2.41. The van der Waals surface area contributed by atoms with Crippen molar-refractivity contribution in [3.63, 3.8) is 0 Å². The molecule has 0 radical (unpaired) electrons. The van der Waals surface area contributed by atoms with Crippen LogP contribution in [0, 0.1) is 18.8 Å². The van der Waals surface area contributed by atoms with Crippen LogP contribution in [0.4, 0.5) is 0 Å². The van der Waals surface area contributed by atoms with Gasteiger partial charge < -0.3 is 10.0 Å². The maximum Gasteiger partial charge on any atom is 0.303 e. The highest BCUT2D eigenvalue weighted by Gasteiger charge is 2.47. The van der Waals surface area contributed by atoms with Crippen molar-refractivity contribution in [2.45, 2.75) is 44.9 Å². The van der Waals surface area contributed by atoms with Gasteiger partial charge in [-0.05, 0) is 55.5 Å². The lowest BCUT2D eigenvalue weighted by molar-refractivity contribution is -0.137. The van der Waals surface area contributed by atoms with Crippen LogP contribution in [0.3, 0.4) is 0 Å². The van der Waals surface area contributed by atoms with E-state index >= 15 is 0 Å². The monoisotopic (exact) mass is 321 g/mol. The van der Waals surface area contributed by atoms with Gasteiger partial charge in [-0.15, -0.1) is 11.3 Å². The molecule has 3 atom stereocenters. The smallest absolute Gasteiger partial charge is 0.303 e. The minimum Gasteiger partial charge on any atom is -0.481 e. The van der Waals surface area contributed by atoms with E-state index in [2.05, 4.69) is 18.4 Å². The fourth-order valence-electron chi connectivity index (χ4n) is 3.58. The third-order valence-electron chi connectivity index (χ3n) is 4.94. The molecular formula is C17H23NO3S. The van der Waals surface area contributed by atoms with E-state index in [1.54, 1.807) is 11.3 Å². The van der Waals surface area contributed by atoms with E-state index in [4.69, 9.17) is 5.11 Å². The zero-order valence-electron chi connectivity index (χ0n) is 13.0. The molecule has 1 saturated heterocycles. The molecule has 2 aliphatic rings. The summed E-state index contributed by atoms with van der Waals surface area (Å²) in [7, 11) is 0. The summed E-state index contributed by atoms with van der Waals surface area (Å²) in [4.78, 5) is 26.7. The van der Waals surface area contributed by atoms with Gasteiger partial charge in [-0.3, -0.25) is 9.59 Å². The summed E-state index contributed by atoms with van der Waals surface area (Å²) in [6.45, 7) is 3.71. The zero-order valence-corrected chi connectivity index (χ0v) is 13.8. The van der Waals surface area contributed by atoms with Crippen molar-refractivity contribution in [2.75, 3.05) is 13.1 Å². The number of carboxylic acids is 1. The number of hydrogen-bond donors (Lipinski definition) is 1. The second-order valence-corrected chi connectivity index (χ2v) is 7.59. The van der Waals surface area contributed by atoms with Crippen LogP contribution in [0.25, 0.3) is 0 Å². The number of nitrogens with zero attached hydrogens (tertiary/aromatic N) is 1. The number of carboxylic acid groups (broad SMARTS) is 1. The molecule has 2 heterocycles. The molecule has 1 aliphatic heterocycles. The van der Waals surface area contributed by atoms with Gasteiger partial charge in [0.05, 0.1) is 0 Å². The predicted molar refractivity (Wildman–Crippen MR) is 86.1 cm³/mol. The van der Waals surface area contributed by atoms with Gasteiger partial charge in [0.2, 0.25) is 5.91 Å². The molecule has 1 saturated carbocycles. The molecule has 1 amide bonds. The molecule has 0 spiro atoms. The summed E-state index contributed by atoms with van der Waals surface area (Å²) >= 11 is 1.76. The molecule has 4 nitrogen and oxygen atoms in total. The lowest BCUT2D eigenvalue weighted by Gasteiger charge is -2.33. The fourth-order valence-corrected chi connectivity index (χ4v) is 4.69. The molecule has 1 N–H and O–H groups in total. The summed E-state index contributed by atoms with van der Waals surface area (Å²) in [5.74, 6) is 0.494. The number of amides is 1. The quantitative estimate of drug-likeness (QED) is 0.905. The number of aliphatic carboxylic acids is 1. The van der Waals surface area contributed by atoms with Crippen LogP contribution in [-0.4, -0.2) is 35.0 Å². The SMILES string of the molecule is Cc1ccsc1[C@@H]1C[C@H]1C(=O)N1CCC[C@@H](CCC(=O)O)C1. The summed E-state index contributed by atoms with van der Waals surface area (Å²) in [5.41, 5.74) is 1.31. The van der Waals surface area contributed by atoms with Gasteiger partial charge >= 0.3 is 5.97 Å². The van der Waals surface area contributed by atoms with Gasteiger partial charge in [0.15, 0.2) is 0 Å². The summed E-state index contributed by atoms with van der Waals surface area (Å²) in [6, 6.07) is 2.13.